The van der Waals surface area contributed by atoms with Crippen molar-refractivity contribution in [2.75, 3.05) is 0 Å². The van der Waals surface area contributed by atoms with Gasteiger partial charge < -0.3 is 20.5 Å². The quantitative estimate of drug-likeness (QED) is 0.390. The first-order valence-corrected chi connectivity index (χ1v) is 0.612. The summed E-state index contributed by atoms with van der Waals surface area (Å²) in [6.45, 7) is 0. The molecule has 0 spiro atoms. The number of carbonyl (C=O) groups is 1. The molecule has 0 aromatic rings. The summed E-state index contributed by atoms with van der Waals surface area (Å²) in [4.78, 5) is 8.33. The zero-order valence-electron chi connectivity index (χ0n) is 3.88. The largest absolute Gasteiger partial charge is 2.00 e. The molecule has 0 aliphatic heterocycles. The van der Waals surface area contributed by atoms with Crippen molar-refractivity contribution in [3.63, 3.8) is 0 Å². The third-order valence-electron chi connectivity index (χ3n) is 0. The molecule has 0 rings (SSSR count). The van der Waals surface area contributed by atoms with Gasteiger partial charge in [-0.25, -0.2) is 0 Å². The van der Waals surface area contributed by atoms with Crippen LogP contribution in [0.4, 0.5) is 4.79 Å². The standard InChI is InChI=1S/CH2O3.Cs.Mg.H2O/c2-1(3)4;;;/h(H2,2,3,4);;;1H2/q;+1;+2;/p-3. The predicted octanol–water partition coefficient (Wildman–Crippen LogP) is -6.00. The summed E-state index contributed by atoms with van der Waals surface area (Å²) in [5.41, 5.74) is 0. The molecule has 0 aromatic carbocycles. The van der Waals surface area contributed by atoms with E-state index in [0.717, 1.165) is 0 Å². The van der Waals surface area contributed by atoms with Gasteiger partial charge in [0.05, 0.1) is 0 Å². The van der Waals surface area contributed by atoms with Crippen LogP contribution in [0, 0.1) is 0 Å². The van der Waals surface area contributed by atoms with Crippen LogP contribution in [0.3, 0.4) is 0 Å². The Kier molecular flexibility index (Phi) is 51.5. The molecule has 0 atom stereocenters. The van der Waals surface area contributed by atoms with Gasteiger partial charge in [-0.3, -0.25) is 0 Å². The molecule has 4 nitrogen and oxygen atoms in total. The van der Waals surface area contributed by atoms with Crippen molar-refractivity contribution in [3.8, 4) is 0 Å². The van der Waals surface area contributed by atoms with Crippen LogP contribution in [0.25, 0.3) is 0 Å². The average Bonchev–Trinajstić information content (AvgIpc) is 0.811. The molecule has 7 heavy (non-hydrogen) atoms. The van der Waals surface area contributed by atoms with Crippen LogP contribution in [0.1, 0.15) is 0 Å². The summed E-state index contributed by atoms with van der Waals surface area (Å²) in [6.07, 6.45) is -2.33. The number of carbonyl (C=O) groups excluding carboxylic acids is 1. The van der Waals surface area contributed by atoms with E-state index in [0.29, 0.717) is 0 Å². The zero-order chi connectivity index (χ0) is 3.58. The first kappa shape index (κ1) is 23.0. The summed E-state index contributed by atoms with van der Waals surface area (Å²) in [5.74, 6) is 0. The van der Waals surface area contributed by atoms with Gasteiger partial charge in [0.15, 0.2) is 0 Å². The van der Waals surface area contributed by atoms with E-state index in [-0.39, 0.29) is 97.4 Å². The first-order chi connectivity index (χ1) is 1.73. The fourth-order valence-corrected chi connectivity index (χ4v) is 0. The van der Waals surface area contributed by atoms with Crippen LogP contribution in [0.5, 0.6) is 0 Å². The maximum Gasteiger partial charge on any atom is 2.00 e. The summed E-state index contributed by atoms with van der Waals surface area (Å²) in [7, 11) is 0. The van der Waals surface area contributed by atoms with Crippen LogP contribution >= 0.6 is 0 Å². The van der Waals surface area contributed by atoms with Crippen molar-refractivity contribution >= 4 is 29.2 Å². The summed E-state index contributed by atoms with van der Waals surface area (Å²) >= 11 is 0. The van der Waals surface area contributed by atoms with Gasteiger partial charge in [0.2, 0.25) is 0 Å². The molecule has 0 fully saturated rings. The van der Waals surface area contributed by atoms with Gasteiger partial charge >= 0.3 is 91.9 Å². The summed E-state index contributed by atoms with van der Waals surface area (Å²) in [6, 6.07) is 0. The van der Waals surface area contributed by atoms with E-state index in [1.54, 1.807) is 0 Å². The van der Waals surface area contributed by atoms with Gasteiger partial charge in [-0.1, -0.05) is 0 Å². The first-order valence-electron chi connectivity index (χ1n) is 0.612. The molecule has 0 aliphatic rings. The Bertz CT molecular complexity index is 34.7. The van der Waals surface area contributed by atoms with Crippen LogP contribution in [-0.2, 0) is 0 Å². The van der Waals surface area contributed by atoms with Gasteiger partial charge in [0, 0.05) is 0 Å². The van der Waals surface area contributed by atoms with Crippen molar-refractivity contribution in [1.29, 1.82) is 0 Å². The smallest absolute Gasteiger partial charge is 0.870 e. The van der Waals surface area contributed by atoms with Crippen molar-refractivity contribution in [1.82, 2.24) is 0 Å². The summed E-state index contributed by atoms with van der Waals surface area (Å²) < 4.78 is 0. The van der Waals surface area contributed by atoms with Crippen molar-refractivity contribution in [2.45, 2.75) is 0 Å². The molecular weight excluding hydrogens is 233 g/mol. The SMILES string of the molecule is O=C([O-])[O-].[Cs+].[Mg+2].[OH-]. The summed E-state index contributed by atoms with van der Waals surface area (Å²) in [5, 5.41) is 16.7. The van der Waals surface area contributed by atoms with E-state index < -0.39 is 6.16 Å². The topological polar surface area (TPSA) is 93.2 Å². The third-order valence-corrected chi connectivity index (χ3v) is 0. The Morgan fingerprint density at radius 3 is 1.29 bits per heavy atom. The molecule has 0 aromatic heterocycles. The monoisotopic (exact) mass is 234 g/mol. The average molecular weight is 234 g/mol. The zero-order valence-corrected chi connectivity index (χ0v) is 11.6. The molecule has 0 radical (unpaired) electrons. The fourth-order valence-electron chi connectivity index (χ4n) is 0. The minimum atomic E-state index is -2.33. The Balaban J connectivity index is -0.0000000150. The molecule has 0 aliphatic carbocycles. The third kappa shape index (κ3) is 70.2. The Labute approximate surface area is 116 Å². The normalized spacial score (nSPS) is 3.43. The van der Waals surface area contributed by atoms with Crippen LogP contribution in [0.2, 0.25) is 0 Å². The van der Waals surface area contributed by atoms with Crippen LogP contribution < -0.4 is 79.1 Å². The molecule has 0 unspecified atom stereocenters. The van der Waals surface area contributed by atoms with Gasteiger partial charge in [-0.15, -0.1) is 0 Å². The maximum atomic E-state index is 8.33. The van der Waals surface area contributed by atoms with E-state index in [4.69, 9.17) is 15.0 Å². The molecule has 32 valence electrons. The second kappa shape index (κ2) is 15.7. The number of hydrogen-bond acceptors (Lipinski definition) is 4. The van der Waals surface area contributed by atoms with E-state index >= 15 is 0 Å². The van der Waals surface area contributed by atoms with Gasteiger partial charge in [0.25, 0.3) is 0 Å². The van der Waals surface area contributed by atoms with Crippen molar-refractivity contribution < 1.29 is 89.4 Å². The second-order valence-electron chi connectivity index (χ2n) is 0.250. The van der Waals surface area contributed by atoms with Gasteiger partial charge in [-0.05, 0) is 6.16 Å². The van der Waals surface area contributed by atoms with E-state index in [1.165, 1.54) is 0 Å². The van der Waals surface area contributed by atoms with Crippen molar-refractivity contribution in [2.24, 2.45) is 0 Å². The molecule has 0 saturated carbocycles. The number of hydrogen-bond donors (Lipinski definition) is 0. The fraction of sp³-hybridized carbons (Fsp3) is 0. The van der Waals surface area contributed by atoms with Gasteiger partial charge in [0.1, 0.15) is 0 Å². The predicted molar refractivity (Wildman–Crippen MR) is 13.1 cm³/mol. The second-order valence-corrected chi connectivity index (χ2v) is 0.250. The molecule has 0 amide bonds. The Morgan fingerprint density at radius 1 is 1.29 bits per heavy atom. The molecule has 0 saturated heterocycles. The van der Waals surface area contributed by atoms with Gasteiger partial charge in [-0.2, -0.15) is 0 Å². The molecule has 6 heteroatoms. The maximum absolute atomic E-state index is 8.33. The van der Waals surface area contributed by atoms with Crippen LogP contribution in [-0.4, -0.2) is 34.7 Å². The van der Waals surface area contributed by atoms with E-state index in [1.807, 2.05) is 0 Å². The minimum Gasteiger partial charge on any atom is -0.870 e. The molecule has 0 heterocycles. The Hall–Kier alpha value is 2.05. The Morgan fingerprint density at radius 2 is 1.29 bits per heavy atom. The van der Waals surface area contributed by atoms with Crippen molar-refractivity contribution in [3.05, 3.63) is 0 Å². The van der Waals surface area contributed by atoms with E-state index in [9.17, 15) is 0 Å². The van der Waals surface area contributed by atoms with Crippen LogP contribution in [0.15, 0.2) is 0 Å². The molecular formula is CHCsMgO4. The molecule has 1 N–H and O–H groups in total. The molecule has 0 bridgehead atoms. The van der Waals surface area contributed by atoms with E-state index in [2.05, 4.69) is 0 Å². The number of rotatable bonds is 0. The minimum absolute atomic E-state index is 0. The number of carboxylic acid groups (broad SMARTS) is 2.